The second-order valence-electron chi connectivity index (χ2n) is 9.63. The van der Waals surface area contributed by atoms with E-state index in [2.05, 4.69) is 15.3 Å². The quantitative estimate of drug-likeness (QED) is 0.0867. The molecule has 2 aromatic heterocycles. The lowest BCUT2D eigenvalue weighted by atomic mass is 9.85. The molecule has 14 heteroatoms. The molecule has 1 N–H and O–H groups in total. The van der Waals surface area contributed by atoms with Crippen LogP contribution in [0.4, 0.5) is 0 Å². The van der Waals surface area contributed by atoms with E-state index in [0.717, 1.165) is 16.5 Å². The fourth-order valence-electron chi connectivity index (χ4n) is 5.07. The van der Waals surface area contributed by atoms with Crippen molar-refractivity contribution in [2.45, 2.75) is 32.1 Å². The molecule has 0 radical (unpaired) electrons. The Bertz CT molecular complexity index is 1660. The SMILES string of the molecule is CC[C@@]1(OC(=O)CNC(=O)COCCOCCN=[N+]=[N-])C(=O)OCc2c1cc1n(c2=O)Cc2cc3ccccc3nc2-1. The molecule has 0 bridgehead atoms. The number of hydrogen-bond acceptors (Lipinski definition) is 10. The molecule has 42 heavy (non-hydrogen) atoms. The average Bonchev–Trinajstić information content (AvgIpc) is 3.35. The van der Waals surface area contributed by atoms with E-state index in [-0.39, 0.29) is 62.7 Å². The molecule has 0 saturated carbocycles. The van der Waals surface area contributed by atoms with E-state index in [4.69, 9.17) is 29.5 Å². The number of carbonyl (C=O) groups excluding carboxylic acids is 3. The highest BCUT2D eigenvalue weighted by atomic mass is 16.6. The number of rotatable bonds is 12. The Kier molecular flexibility index (Phi) is 8.48. The van der Waals surface area contributed by atoms with Crippen LogP contribution in [0.1, 0.15) is 30.0 Å². The highest BCUT2D eigenvalue weighted by molar-refractivity contribution is 5.89. The maximum absolute atomic E-state index is 13.6. The second kappa shape index (κ2) is 12.4. The average molecular weight is 577 g/mol. The van der Waals surface area contributed by atoms with Gasteiger partial charge in [-0.25, -0.2) is 9.78 Å². The Labute approximate surface area is 239 Å². The zero-order valence-electron chi connectivity index (χ0n) is 22.8. The topological polar surface area (TPSA) is 184 Å². The van der Waals surface area contributed by atoms with Crippen LogP contribution in [0.3, 0.4) is 0 Å². The van der Waals surface area contributed by atoms with Gasteiger partial charge in [0.15, 0.2) is 0 Å². The van der Waals surface area contributed by atoms with E-state index in [0.29, 0.717) is 17.9 Å². The van der Waals surface area contributed by atoms with E-state index in [1.165, 1.54) is 0 Å². The van der Waals surface area contributed by atoms with Gasteiger partial charge in [-0.15, -0.1) is 0 Å². The molecule has 4 heterocycles. The first-order valence-electron chi connectivity index (χ1n) is 13.4. The fraction of sp³-hybridized carbons (Fsp3) is 0.393. The molecule has 14 nitrogen and oxygen atoms in total. The number of cyclic esters (lactones) is 1. The summed E-state index contributed by atoms with van der Waals surface area (Å²) >= 11 is 0. The summed E-state index contributed by atoms with van der Waals surface area (Å²) in [4.78, 5) is 59.1. The number of benzene rings is 1. The van der Waals surface area contributed by atoms with Crippen LogP contribution in [0.2, 0.25) is 0 Å². The molecule has 1 amide bonds. The molecule has 218 valence electrons. The molecule has 0 aliphatic carbocycles. The second-order valence-corrected chi connectivity index (χ2v) is 9.63. The smallest absolute Gasteiger partial charge is 0.355 e. The zero-order chi connectivity index (χ0) is 29.7. The van der Waals surface area contributed by atoms with Crippen LogP contribution in [0.15, 0.2) is 46.3 Å². The van der Waals surface area contributed by atoms with E-state index < -0.39 is 30.0 Å². The number of amides is 1. The lowest BCUT2D eigenvalue weighted by Crippen LogP contribution is -2.48. The largest absolute Gasteiger partial charge is 0.457 e. The van der Waals surface area contributed by atoms with Crippen LogP contribution in [0.5, 0.6) is 0 Å². The predicted octanol–water partition coefficient (Wildman–Crippen LogP) is 2.09. The Morgan fingerprint density at radius 3 is 2.81 bits per heavy atom. The van der Waals surface area contributed by atoms with Gasteiger partial charge in [0.25, 0.3) is 5.56 Å². The summed E-state index contributed by atoms with van der Waals surface area (Å²) in [6, 6.07) is 11.3. The summed E-state index contributed by atoms with van der Waals surface area (Å²) in [6.07, 6.45) is 0.00219. The summed E-state index contributed by atoms with van der Waals surface area (Å²) in [5, 5.41) is 6.66. The number of nitrogens with zero attached hydrogens (tertiary/aromatic N) is 5. The summed E-state index contributed by atoms with van der Waals surface area (Å²) in [6.45, 7) is 1.57. The lowest BCUT2D eigenvalue weighted by molar-refractivity contribution is -0.189. The molecule has 0 spiro atoms. The Morgan fingerprint density at radius 2 is 2.00 bits per heavy atom. The molecular weight excluding hydrogens is 548 g/mol. The summed E-state index contributed by atoms with van der Waals surface area (Å²) in [7, 11) is 0. The van der Waals surface area contributed by atoms with Gasteiger partial charge < -0.3 is 28.8 Å². The van der Waals surface area contributed by atoms with Crippen molar-refractivity contribution in [2.75, 3.05) is 39.5 Å². The zero-order valence-corrected chi connectivity index (χ0v) is 22.8. The first kappa shape index (κ1) is 28.7. The van der Waals surface area contributed by atoms with Crippen molar-refractivity contribution in [1.29, 1.82) is 0 Å². The van der Waals surface area contributed by atoms with Crippen LogP contribution in [-0.2, 0) is 52.1 Å². The van der Waals surface area contributed by atoms with Crippen molar-refractivity contribution in [3.05, 3.63) is 73.9 Å². The van der Waals surface area contributed by atoms with Crippen molar-refractivity contribution in [3.63, 3.8) is 0 Å². The molecule has 5 rings (SSSR count). The van der Waals surface area contributed by atoms with Gasteiger partial charge in [-0.3, -0.25) is 14.4 Å². The van der Waals surface area contributed by atoms with Crippen LogP contribution in [0.25, 0.3) is 32.7 Å². The predicted molar refractivity (Wildman–Crippen MR) is 147 cm³/mol. The minimum Gasteiger partial charge on any atom is -0.457 e. The summed E-state index contributed by atoms with van der Waals surface area (Å²) in [5.74, 6) is -2.26. The maximum Gasteiger partial charge on any atom is 0.355 e. The number of fused-ring (bicyclic) bond motifs is 5. The van der Waals surface area contributed by atoms with Crippen LogP contribution >= 0.6 is 0 Å². The Hall–Kier alpha value is -4.78. The van der Waals surface area contributed by atoms with Crippen molar-refractivity contribution in [2.24, 2.45) is 5.11 Å². The van der Waals surface area contributed by atoms with E-state index in [1.807, 2.05) is 30.3 Å². The van der Waals surface area contributed by atoms with Gasteiger partial charge in [0, 0.05) is 28.0 Å². The van der Waals surface area contributed by atoms with Crippen molar-refractivity contribution < 1.29 is 33.3 Å². The summed E-state index contributed by atoms with van der Waals surface area (Å²) < 4.78 is 23.0. The van der Waals surface area contributed by atoms with Gasteiger partial charge in [0.2, 0.25) is 11.5 Å². The number of carbonyl (C=O) groups is 3. The first-order valence-corrected chi connectivity index (χ1v) is 13.4. The summed E-state index contributed by atoms with van der Waals surface area (Å²) in [5.41, 5.74) is 9.24. The molecule has 0 saturated heterocycles. The fourth-order valence-corrected chi connectivity index (χ4v) is 5.07. The number of pyridine rings is 2. The van der Waals surface area contributed by atoms with Crippen LogP contribution in [0, 0.1) is 0 Å². The van der Waals surface area contributed by atoms with Gasteiger partial charge in [0.1, 0.15) is 19.8 Å². The molecule has 0 unspecified atom stereocenters. The van der Waals surface area contributed by atoms with Crippen molar-refractivity contribution >= 4 is 28.7 Å². The third-order valence-corrected chi connectivity index (χ3v) is 7.11. The molecule has 0 fully saturated rings. The maximum atomic E-state index is 13.6. The van der Waals surface area contributed by atoms with E-state index in [1.54, 1.807) is 17.6 Å². The standard InChI is InChI=1S/C28H28N6O8/c1-2-28(42-24(36)13-30-23(35)16-40-10-9-39-8-7-31-33-29)20-12-22-25-18(11-17-5-3-4-6-21(17)32-25)14-34(22)26(37)19(20)15-41-27(28)38/h3-6,11-12H,2,7-10,13-16H2,1H3,(H,30,35)/t28-/m0/s1. The molecule has 2 aliphatic rings. The molecular formula is C28H28N6O8. The number of nitrogens with one attached hydrogen (secondary N) is 1. The third kappa shape index (κ3) is 5.55. The number of aromatic nitrogens is 2. The number of hydrogen-bond donors (Lipinski definition) is 1. The number of azide groups is 1. The Morgan fingerprint density at radius 1 is 1.19 bits per heavy atom. The van der Waals surface area contributed by atoms with E-state index in [9.17, 15) is 19.2 Å². The van der Waals surface area contributed by atoms with Crippen LogP contribution < -0.4 is 10.9 Å². The van der Waals surface area contributed by atoms with Crippen molar-refractivity contribution in [1.82, 2.24) is 14.9 Å². The number of esters is 2. The molecule has 3 aromatic rings. The minimum atomic E-state index is -1.87. The monoisotopic (exact) mass is 576 g/mol. The van der Waals surface area contributed by atoms with Gasteiger partial charge in [-0.05, 0) is 30.2 Å². The Balaban J connectivity index is 1.29. The lowest BCUT2D eigenvalue weighted by Gasteiger charge is -2.35. The van der Waals surface area contributed by atoms with Crippen molar-refractivity contribution in [3.8, 4) is 11.4 Å². The number of para-hydroxylation sites is 1. The highest BCUT2D eigenvalue weighted by Gasteiger charge is 2.50. The van der Waals surface area contributed by atoms with E-state index >= 15 is 0 Å². The highest BCUT2D eigenvalue weighted by Crippen LogP contribution is 2.40. The number of ether oxygens (including phenoxy) is 4. The van der Waals surface area contributed by atoms with Gasteiger partial charge in [0.05, 0.1) is 48.8 Å². The molecule has 1 atom stereocenters. The normalized spacial score (nSPS) is 16.5. The molecule has 1 aromatic carbocycles. The van der Waals surface area contributed by atoms with Gasteiger partial charge in [-0.1, -0.05) is 30.2 Å². The molecule has 2 aliphatic heterocycles. The van der Waals surface area contributed by atoms with Crippen LogP contribution in [-0.4, -0.2) is 66.9 Å². The first-order chi connectivity index (χ1) is 20.4. The third-order valence-electron chi connectivity index (χ3n) is 7.11. The van der Waals surface area contributed by atoms with Gasteiger partial charge >= 0.3 is 11.9 Å². The minimum absolute atomic E-state index is 0.00219. The van der Waals surface area contributed by atoms with Gasteiger partial charge in [-0.2, -0.15) is 0 Å².